The molecule has 2 aliphatic rings. The topological polar surface area (TPSA) is 124 Å². The standard InChI is InChI=1S/C39H35FN8O4/c1-45-17-19-47(20-18-45)30-6-3-5-25(21-30)33-34-37(41-24-42-38(34)52-35(33)26-22-43-46(2)23-26)51-31-14-10-28(11-15-31)44-36(49)32-7-4-16-48(39(32)50)29-12-8-27(40)9-13-29/h3-4,6-16,21-25H,5,17-20H2,1-2H3,(H,44,49). The van der Waals surface area contributed by atoms with Crippen LogP contribution >= 0.6 is 0 Å². The summed E-state index contributed by atoms with van der Waals surface area (Å²) in [6.07, 6.45) is 14.1. The summed E-state index contributed by atoms with van der Waals surface area (Å²) in [7, 11) is 4.01. The molecule has 1 unspecified atom stereocenters. The van der Waals surface area contributed by atoms with Crippen LogP contribution in [0.25, 0.3) is 28.1 Å². The Morgan fingerprint density at radius 2 is 1.79 bits per heavy atom. The van der Waals surface area contributed by atoms with Crippen LogP contribution in [0.15, 0.2) is 119 Å². The maximum atomic E-state index is 13.4. The van der Waals surface area contributed by atoms with Crippen molar-refractivity contribution in [3.63, 3.8) is 0 Å². The maximum Gasteiger partial charge on any atom is 0.267 e. The first-order chi connectivity index (χ1) is 25.3. The number of rotatable bonds is 8. The predicted octanol–water partition coefficient (Wildman–Crippen LogP) is 6.13. The number of aromatic nitrogens is 5. The summed E-state index contributed by atoms with van der Waals surface area (Å²) >= 11 is 0. The average Bonchev–Trinajstić information content (AvgIpc) is 3.77. The molecule has 0 spiro atoms. The molecule has 52 heavy (non-hydrogen) atoms. The van der Waals surface area contributed by atoms with Crippen molar-refractivity contribution in [2.75, 3.05) is 38.5 Å². The van der Waals surface area contributed by atoms with Crippen molar-refractivity contribution in [1.82, 2.24) is 34.1 Å². The molecule has 0 saturated carbocycles. The first kappa shape index (κ1) is 32.8. The van der Waals surface area contributed by atoms with E-state index < -0.39 is 17.3 Å². The minimum Gasteiger partial charge on any atom is -0.438 e. The second kappa shape index (κ2) is 13.8. The molecule has 2 aromatic carbocycles. The van der Waals surface area contributed by atoms with Crippen LogP contribution < -0.4 is 15.6 Å². The summed E-state index contributed by atoms with van der Waals surface area (Å²) < 4.78 is 29.3. The summed E-state index contributed by atoms with van der Waals surface area (Å²) in [6.45, 7) is 3.91. The monoisotopic (exact) mass is 698 g/mol. The van der Waals surface area contributed by atoms with Crippen molar-refractivity contribution in [3.8, 4) is 28.6 Å². The van der Waals surface area contributed by atoms with E-state index in [9.17, 15) is 14.0 Å². The lowest BCUT2D eigenvalue weighted by Gasteiger charge is -2.36. The van der Waals surface area contributed by atoms with Gasteiger partial charge in [-0.05, 0) is 80.2 Å². The molecule has 5 heterocycles. The van der Waals surface area contributed by atoms with Gasteiger partial charge < -0.3 is 24.3 Å². The Bertz CT molecular complexity index is 2390. The molecule has 0 bridgehead atoms. The van der Waals surface area contributed by atoms with Gasteiger partial charge in [0.1, 0.15) is 34.6 Å². The Morgan fingerprint density at radius 1 is 1.00 bits per heavy atom. The Labute approximate surface area is 298 Å². The van der Waals surface area contributed by atoms with Crippen molar-refractivity contribution < 1.29 is 18.3 Å². The Morgan fingerprint density at radius 3 is 2.54 bits per heavy atom. The summed E-state index contributed by atoms with van der Waals surface area (Å²) in [5.41, 5.74) is 3.65. The third-order valence-corrected chi connectivity index (χ3v) is 9.37. The number of amides is 1. The second-order valence-corrected chi connectivity index (χ2v) is 12.9. The molecule has 1 saturated heterocycles. The molecule has 1 fully saturated rings. The van der Waals surface area contributed by atoms with Crippen LogP contribution in [0.5, 0.6) is 11.6 Å². The minimum atomic E-state index is -0.580. The second-order valence-electron chi connectivity index (χ2n) is 12.9. The number of nitrogens with one attached hydrogen (secondary N) is 1. The molecule has 12 nitrogen and oxygen atoms in total. The molecule has 4 aromatic heterocycles. The SMILES string of the molecule is CN1CCN(C2=CC(c3c(-c4cnn(C)c4)oc4ncnc(Oc5ccc(NC(=O)c6cccn(-c7ccc(F)cc7)c6=O)cc5)c34)CC=C2)CC1. The zero-order valence-corrected chi connectivity index (χ0v) is 28.6. The number of pyridine rings is 1. The average molecular weight is 699 g/mol. The van der Waals surface area contributed by atoms with E-state index in [1.165, 1.54) is 53.1 Å². The van der Waals surface area contributed by atoms with Crippen molar-refractivity contribution in [2.24, 2.45) is 7.05 Å². The molecule has 0 radical (unpaired) electrons. The third kappa shape index (κ3) is 6.49. The highest BCUT2D eigenvalue weighted by molar-refractivity contribution is 6.04. The minimum absolute atomic E-state index is 0.0346. The Balaban J connectivity index is 1.08. The fourth-order valence-corrected chi connectivity index (χ4v) is 6.64. The molecule has 1 amide bonds. The number of carbonyl (C=O) groups excluding carboxylic acids is 1. The molecule has 1 aliphatic carbocycles. The van der Waals surface area contributed by atoms with Gasteiger partial charge in [0.05, 0.1) is 11.8 Å². The van der Waals surface area contributed by atoms with Crippen LogP contribution in [-0.2, 0) is 7.05 Å². The lowest BCUT2D eigenvalue weighted by molar-refractivity contribution is 0.102. The number of fused-ring (bicyclic) bond motifs is 1. The molecule has 1 atom stereocenters. The fourth-order valence-electron chi connectivity index (χ4n) is 6.64. The van der Waals surface area contributed by atoms with E-state index in [4.69, 9.17) is 9.15 Å². The number of hydrogen-bond donors (Lipinski definition) is 1. The van der Waals surface area contributed by atoms with Gasteiger partial charge in [-0.25, -0.2) is 14.4 Å². The van der Waals surface area contributed by atoms with E-state index in [0.29, 0.717) is 39.9 Å². The Hall–Kier alpha value is -6.34. The number of furan rings is 1. The number of halogens is 1. The van der Waals surface area contributed by atoms with Gasteiger partial charge in [0, 0.05) is 74.2 Å². The summed E-state index contributed by atoms with van der Waals surface area (Å²) in [5, 5.41) is 7.85. The molecule has 1 N–H and O–H groups in total. The maximum absolute atomic E-state index is 13.4. The van der Waals surface area contributed by atoms with E-state index in [0.717, 1.165) is 43.7 Å². The number of carbonyl (C=O) groups is 1. The molecular formula is C39H35FN8O4. The molecule has 13 heteroatoms. The van der Waals surface area contributed by atoms with Gasteiger partial charge in [0.2, 0.25) is 11.6 Å². The van der Waals surface area contributed by atoms with Gasteiger partial charge in [-0.3, -0.25) is 18.8 Å². The van der Waals surface area contributed by atoms with Crippen molar-refractivity contribution in [2.45, 2.75) is 12.3 Å². The zero-order valence-electron chi connectivity index (χ0n) is 28.6. The van der Waals surface area contributed by atoms with Crippen LogP contribution in [-0.4, -0.2) is 73.2 Å². The lowest BCUT2D eigenvalue weighted by Crippen LogP contribution is -2.43. The fraction of sp³-hybridized carbons (Fsp3) is 0.205. The van der Waals surface area contributed by atoms with Gasteiger partial charge >= 0.3 is 0 Å². The predicted molar refractivity (Wildman–Crippen MR) is 194 cm³/mol. The molecule has 262 valence electrons. The van der Waals surface area contributed by atoms with E-state index in [1.807, 2.05) is 13.2 Å². The normalized spacial score (nSPS) is 16.2. The van der Waals surface area contributed by atoms with Gasteiger partial charge in [0.25, 0.3) is 11.5 Å². The number of hydrogen-bond acceptors (Lipinski definition) is 9. The summed E-state index contributed by atoms with van der Waals surface area (Å²) in [5.74, 6) is 0.446. The van der Waals surface area contributed by atoms with Crippen LogP contribution in [0.4, 0.5) is 10.1 Å². The van der Waals surface area contributed by atoms with Crippen LogP contribution in [0, 0.1) is 5.82 Å². The van der Waals surface area contributed by atoms with Crippen LogP contribution in [0.2, 0.25) is 0 Å². The zero-order chi connectivity index (χ0) is 35.8. The van der Waals surface area contributed by atoms with Crippen LogP contribution in [0.3, 0.4) is 0 Å². The third-order valence-electron chi connectivity index (χ3n) is 9.37. The number of benzene rings is 2. The lowest BCUT2D eigenvalue weighted by atomic mass is 9.88. The van der Waals surface area contributed by atoms with Crippen molar-refractivity contribution >= 4 is 22.7 Å². The van der Waals surface area contributed by atoms with Gasteiger partial charge in [0.15, 0.2) is 0 Å². The van der Waals surface area contributed by atoms with Gasteiger partial charge in [-0.1, -0.05) is 12.2 Å². The molecule has 6 aromatic rings. The van der Waals surface area contributed by atoms with E-state index in [2.05, 4.69) is 55.5 Å². The quantitative estimate of drug-likeness (QED) is 0.200. The molecule has 1 aliphatic heterocycles. The highest BCUT2D eigenvalue weighted by Crippen LogP contribution is 2.45. The number of aryl methyl sites for hydroxylation is 1. The molecule has 8 rings (SSSR count). The number of likely N-dealkylation sites (N-methyl/N-ethyl adjacent to an activating group) is 1. The number of allylic oxidation sites excluding steroid dienone is 3. The number of nitrogens with zero attached hydrogens (tertiary/aromatic N) is 7. The number of ether oxygens (including phenoxy) is 1. The van der Waals surface area contributed by atoms with Gasteiger partial charge in [-0.15, -0.1) is 0 Å². The number of anilines is 1. The van der Waals surface area contributed by atoms with E-state index in [-0.39, 0.29) is 11.5 Å². The highest BCUT2D eigenvalue weighted by Gasteiger charge is 2.29. The van der Waals surface area contributed by atoms with Crippen molar-refractivity contribution in [1.29, 1.82) is 0 Å². The first-order valence-electron chi connectivity index (χ1n) is 17.0. The van der Waals surface area contributed by atoms with E-state index in [1.54, 1.807) is 41.2 Å². The smallest absolute Gasteiger partial charge is 0.267 e. The van der Waals surface area contributed by atoms with Gasteiger partial charge in [-0.2, -0.15) is 5.10 Å². The highest BCUT2D eigenvalue weighted by atomic mass is 19.1. The summed E-state index contributed by atoms with van der Waals surface area (Å²) in [6, 6.07) is 15.3. The summed E-state index contributed by atoms with van der Waals surface area (Å²) in [4.78, 5) is 40.1. The van der Waals surface area contributed by atoms with Crippen LogP contribution in [0.1, 0.15) is 28.3 Å². The molecular weight excluding hydrogens is 663 g/mol. The number of piperazine rings is 1. The Kier molecular flexibility index (Phi) is 8.69. The largest absolute Gasteiger partial charge is 0.438 e. The van der Waals surface area contributed by atoms with Crippen molar-refractivity contribution in [3.05, 3.63) is 137 Å². The van der Waals surface area contributed by atoms with E-state index >= 15 is 0 Å². The first-order valence-corrected chi connectivity index (χ1v) is 17.0.